The van der Waals surface area contributed by atoms with Gasteiger partial charge in [0.2, 0.25) is 0 Å². The molecule has 37 heavy (non-hydrogen) atoms. The van der Waals surface area contributed by atoms with Crippen LogP contribution in [0.2, 0.25) is 0 Å². The Kier molecular flexibility index (Phi) is 5.72. The first-order chi connectivity index (χ1) is 17.5. The van der Waals surface area contributed by atoms with Gasteiger partial charge in [-0.25, -0.2) is 22.8 Å². The van der Waals surface area contributed by atoms with E-state index in [1.165, 1.54) is 30.3 Å². The van der Waals surface area contributed by atoms with Gasteiger partial charge < -0.3 is 9.14 Å². The summed E-state index contributed by atoms with van der Waals surface area (Å²) < 4.78 is 56.8. The molecule has 2 atom stereocenters. The van der Waals surface area contributed by atoms with E-state index in [1.54, 1.807) is 47.7 Å². The molecule has 2 aromatic carbocycles. The number of amides is 1. The van der Waals surface area contributed by atoms with Crippen LogP contribution >= 0.6 is 0 Å². The first-order valence-electron chi connectivity index (χ1n) is 11.2. The number of nitrogens with one attached hydrogen (secondary N) is 1. The molecule has 5 rings (SSSR count). The number of ether oxygens (including phenoxy) is 1. The lowest BCUT2D eigenvalue weighted by atomic mass is 10.0. The first kappa shape index (κ1) is 24.4. The van der Waals surface area contributed by atoms with Crippen molar-refractivity contribution in [2.45, 2.75) is 31.4 Å². The predicted molar refractivity (Wildman–Crippen MR) is 133 cm³/mol. The van der Waals surface area contributed by atoms with Gasteiger partial charge in [-0.15, -0.1) is 0 Å². The van der Waals surface area contributed by atoms with E-state index in [0.29, 0.717) is 27.4 Å². The summed E-state index contributed by atoms with van der Waals surface area (Å²) in [5, 5.41) is 9.27. The number of rotatable bonds is 4. The molecule has 4 aromatic rings. The Morgan fingerprint density at radius 3 is 2.65 bits per heavy atom. The maximum Gasteiger partial charge on any atom is 0.268 e. The van der Waals surface area contributed by atoms with Crippen molar-refractivity contribution in [1.82, 2.24) is 9.38 Å². The second-order valence-electron chi connectivity index (χ2n) is 8.88. The standard InChI is InChI=1S/C26H21F2N5O3S/c1-14-23(32-12-18(11-29)20(27)10-24(32)31-14)13-33-22-9-17(8-21(28)25(22)36-15(2)26(33)34)16-5-4-6-19(7-16)37(3,30)35/h4-10,12,15,30H,13H2,1-3H3/t15-,37?/m1/s1. The van der Waals surface area contributed by atoms with E-state index in [2.05, 4.69) is 4.98 Å². The Morgan fingerprint density at radius 2 is 1.95 bits per heavy atom. The van der Waals surface area contributed by atoms with Crippen molar-refractivity contribution < 1.29 is 22.5 Å². The molecule has 1 amide bonds. The van der Waals surface area contributed by atoms with Crippen LogP contribution in [0.4, 0.5) is 14.5 Å². The molecule has 1 N–H and O–H groups in total. The zero-order valence-corrected chi connectivity index (χ0v) is 20.9. The number of halogens is 2. The number of aromatic nitrogens is 2. The molecule has 2 aromatic heterocycles. The normalized spacial score (nSPS) is 16.7. The molecule has 1 unspecified atom stereocenters. The molecule has 188 valence electrons. The number of carbonyl (C=O) groups excluding carboxylic acids is 1. The Balaban J connectivity index is 1.66. The van der Waals surface area contributed by atoms with Crippen molar-refractivity contribution in [3.05, 3.63) is 77.2 Å². The van der Waals surface area contributed by atoms with Crippen LogP contribution in [0.15, 0.2) is 53.6 Å². The van der Waals surface area contributed by atoms with E-state index < -0.39 is 33.4 Å². The number of benzene rings is 2. The maximum atomic E-state index is 15.3. The molecule has 1 aliphatic heterocycles. The lowest BCUT2D eigenvalue weighted by Crippen LogP contribution is -2.44. The predicted octanol–water partition coefficient (Wildman–Crippen LogP) is 4.81. The van der Waals surface area contributed by atoms with Crippen LogP contribution in [0.1, 0.15) is 23.9 Å². The average molecular weight is 522 g/mol. The van der Waals surface area contributed by atoms with E-state index in [-0.39, 0.29) is 29.2 Å². The molecule has 0 radical (unpaired) electrons. The number of imidazole rings is 1. The molecule has 3 heterocycles. The Bertz CT molecular complexity index is 1760. The van der Waals surface area contributed by atoms with Crippen molar-refractivity contribution in [3.8, 4) is 22.9 Å². The Labute approximate surface area is 211 Å². The fourth-order valence-electron chi connectivity index (χ4n) is 4.36. The quantitative estimate of drug-likeness (QED) is 0.414. The summed E-state index contributed by atoms with van der Waals surface area (Å²) in [6.45, 7) is 3.18. The van der Waals surface area contributed by atoms with Gasteiger partial charge in [-0.05, 0) is 49.2 Å². The lowest BCUT2D eigenvalue weighted by molar-refractivity contribution is -0.125. The van der Waals surface area contributed by atoms with E-state index >= 15 is 4.39 Å². The molecule has 1 aliphatic rings. The summed E-state index contributed by atoms with van der Waals surface area (Å²) in [6.07, 6.45) is 1.66. The largest absolute Gasteiger partial charge is 0.476 e. The number of hydrogen-bond acceptors (Lipinski definition) is 6. The SMILES string of the molecule is Cc1nc2cc(F)c(C#N)cn2c1CN1C(=O)[C@@H](C)Oc2c(F)cc(-c3cccc(S(C)(=N)=O)c3)cc21. The van der Waals surface area contributed by atoms with Gasteiger partial charge in [0.15, 0.2) is 17.7 Å². The molecule has 0 saturated heterocycles. The smallest absolute Gasteiger partial charge is 0.268 e. The van der Waals surface area contributed by atoms with Crippen molar-refractivity contribution in [2.75, 3.05) is 11.2 Å². The molecule has 8 nitrogen and oxygen atoms in total. The molecule has 0 spiro atoms. The van der Waals surface area contributed by atoms with Gasteiger partial charge in [0.05, 0.1) is 33.3 Å². The van der Waals surface area contributed by atoms with Gasteiger partial charge in [0, 0.05) is 23.4 Å². The fourth-order valence-corrected chi connectivity index (χ4v) is 5.05. The van der Waals surface area contributed by atoms with E-state index in [0.717, 1.165) is 6.07 Å². The minimum atomic E-state index is -3.00. The van der Waals surface area contributed by atoms with Gasteiger partial charge in [0.25, 0.3) is 5.91 Å². The van der Waals surface area contributed by atoms with Gasteiger partial charge in [-0.2, -0.15) is 5.26 Å². The highest BCUT2D eigenvalue weighted by atomic mass is 32.2. The van der Waals surface area contributed by atoms with Gasteiger partial charge in [-0.1, -0.05) is 12.1 Å². The summed E-state index contributed by atoms with van der Waals surface area (Å²) >= 11 is 0. The van der Waals surface area contributed by atoms with E-state index in [4.69, 9.17) is 9.52 Å². The van der Waals surface area contributed by atoms with Crippen LogP contribution < -0.4 is 9.64 Å². The van der Waals surface area contributed by atoms with Gasteiger partial charge in [-0.3, -0.25) is 9.69 Å². The minimum Gasteiger partial charge on any atom is -0.476 e. The fraction of sp³-hybridized carbons (Fsp3) is 0.192. The zero-order chi connectivity index (χ0) is 26.6. The molecule has 0 saturated carbocycles. The summed E-state index contributed by atoms with van der Waals surface area (Å²) in [7, 11) is -3.00. The van der Waals surface area contributed by atoms with Gasteiger partial charge >= 0.3 is 0 Å². The third kappa shape index (κ3) is 4.19. The highest BCUT2D eigenvalue weighted by Crippen LogP contribution is 2.41. The summed E-state index contributed by atoms with van der Waals surface area (Å²) in [5.41, 5.74) is 2.24. The van der Waals surface area contributed by atoms with Crippen LogP contribution in [-0.2, 0) is 21.1 Å². The molecular formula is C26H21F2N5O3S. The number of aryl methyl sites for hydroxylation is 1. The third-order valence-electron chi connectivity index (χ3n) is 6.28. The average Bonchev–Trinajstić information content (AvgIpc) is 3.14. The van der Waals surface area contributed by atoms with Crippen LogP contribution in [0.5, 0.6) is 5.75 Å². The van der Waals surface area contributed by atoms with Crippen molar-refractivity contribution in [1.29, 1.82) is 10.0 Å². The second-order valence-corrected chi connectivity index (χ2v) is 11.0. The zero-order valence-electron chi connectivity index (χ0n) is 20.1. The minimum absolute atomic E-state index is 0.0402. The summed E-state index contributed by atoms with van der Waals surface area (Å²) in [5.74, 6) is -1.90. The van der Waals surface area contributed by atoms with Crippen LogP contribution in [0.25, 0.3) is 16.8 Å². The van der Waals surface area contributed by atoms with Crippen LogP contribution in [0, 0.1) is 34.7 Å². The van der Waals surface area contributed by atoms with Crippen LogP contribution in [-0.4, -0.2) is 31.9 Å². The summed E-state index contributed by atoms with van der Waals surface area (Å²) in [4.78, 5) is 19.3. The van der Waals surface area contributed by atoms with Crippen molar-refractivity contribution >= 4 is 27.0 Å². The van der Waals surface area contributed by atoms with Gasteiger partial charge in [0.1, 0.15) is 23.1 Å². The summed E-state index contributed by atoms with van der Waals surface area (Å²) in [6, 6.07) is 12.3. The Hall–Kier alpha value is -4.30. The highest BCUT2D eigenvalue weighted by Gasteiger charge is 2.35. The molecule has 0 bridgehead atoms. The number of anilines is 1. The van der Waals surface area contributed by atoms with E-state index in [9.17, 15) is 18.7 Å². The topological polar surface area (TPSA) is 112 Å². The number of nitriles is 1. The Morgan fingerprint density at radius 1 is 1.19 bits per heavy atom. The number of fused-ring (bicyclic) bond motifs is 2. The molecule has 11 heteroatoms. The molecular weight excluding hydrogens is 500 g/mol. The molecule has 0 aliphatic carbocycles. The van der Waals surface area contributed by atoms with Crippen LogP contribution in [0.3, 0.4) is 0 Å². The van der Waals surface area contributed by atoms with Crippen molar-refractivity contribution in [3.63, 3.8) is 0 Å². The first-order valence-corrected chi connectivity index (χ1v) is 13.2. The highest BCUT2D eigenvalue weighted by molar-refractivity contribution is 7.91. The molecule has 0 fully saturated rings. The number of nitrogens with zero attached hydrogens (tertiary/aromatic N) is 4. The van der Waals surface area contributed by atoms with E-state index in [1.807, 2.05) is 0 Å². The third-order valence-corrected chi connectivity index (χ3v) is 7.43. The number of hydrogen-bond donors (Lipinski definition) is 1. The lowest BCUT2D eigenvalue weighted by Gasteiger charge is -2.33. The van der Waals surface area contributed by atoms with Crippen molar-refractivity contribution in [2.24, 2.45) is 0 Å². The maximum absolute atomic E-state index is 15.3. The number of pyridine rings is 1. The number of carbonyl (C=O) groups is 1. The monoisotopic (exact) mass is 521 g/mol. The second kappa shape index (κ2) is 8.67.